The fraction of sp³-hybridized carbons (Fsp3) is 0.500. The van der Waals surface area contributed by atoms with Crippen LogP contribution in [0.5, 0.6) is 0 Å². The number of hydrogen-bond donors (Lipinski definition) is 0. The normalized spacial score (nSPS) is 14.9. The third kappa shape index (κ3) is 3.59. The molecule has 0 unspecified atom stereocenters. The maximum absolute atomic E-state index is 12.8. The van der Waals surface area contributed by atoms with Crippen molar-refractivity contribution in [3.05, 3.63) is 39.8 Å². The summed E-state index contributed by atoms with van der Waals surface area (Å²) in [4.78, 5) is 27.8. The molecule has 1 fully saturated rings. The van der Waals surface area contributed by atoms with Gasteiger partial charge in [-0.05, 0) is 30.5 Å². The van der Waals surface area contributed by atoms with Gasteiger partial charge in [0.2, 0.25) is 5.95 Å². The number of thiophene rings is 1. The van der Waals surface area contributed by atoms with Crippen LogP contribution in [0, 0.1) is 0 Å². The Labute approximate surface area is 147 Å². The molecule has 1 amide bonds. The quantitative estimate of drug-likeness (QED) is 0.837. The Balaban J connectivity index is 1.65. The Morgan fingerprint density at radius 2 is 1.88 bits per heavy atom. The molecular formula is C18H24N4OS. The summed E-state index contributed by atoms with van der Waals surface area (Å²) in [5, 5.41) is 0. The first-order valence-electron chi connectivity index (χ1n) is 8.65. The zero-order valence-electron chi connectivity index (χ0n) is 14.4. The third-order valence-corrected chi connectivity index (χ3v) is 5.59. The van der Waals surface area contributed by atoms with Crippen LogP contribution in [0.15, 0.2) is 24.5 Å². The molecule has 0 saturated carbocycles. The summed E-state index contributed by atoms with van der Waals surface area (Å²) in [6, 6.07) is 3.92. The first-order valence-corrected chi connectivity index (χ1v) is 9.47. The Hall–Kier alpha value is -1.95. The number of anilines is 1. The number of piperazine rings is 1. The Kier molecular flexibility index (Phi) is 5.45. The third-order valence-electron chi connectivity index (χ3n) is 4.37. The molecule has 0 bridgehead atoms. The van der Waals surface area contributed by atoms with E-state index in [4.69, 9.17) is 0 Å². The summed E-state index contributed by atoms with van der Waals surface area (Å²) in [7, 11) is 0. The number of amides is 1. The van der Waals surface area contributed by atoms with E-state index in [0.717, 1.165) is 56.3 Å². The lowest BCUT2D eigenvalue weighted by Crippen LogP contribution is -2.49. The predicted octanol–water partition coefficient (Wildman–Crippen LogP) is 3.02. The molecule has 1 aliphatic heterocycles. The summed E-state index contributed by atoms with van der Waals surface area (Å²) in [6.07, 6.45) is 6.70. The zero-order chi connectivity index (χ0) is 16.9. The van der Waals surface area contributed by atoms with Crippen molar-refractivity contribution in [3.63, 3.8) is 0 Å². The molecule has 3 heterocycles. The van der Waals surface area contributed by atoms with E-state index in [1.807, 2.05) is 11.0 Å². The van der Waals surface area contributed by atoms with Gasteiger partial charge in [-0.25, -0.2) is 9.97 Å². The Bertz CT molecular complexity index is 678. The SMILES string of the molecule is CCCc1sc(C(=O)N2CCN(c3ncccn3)CC2)cc1CC. The van der Waals surface area contributed by atoms with Crippen LogP contribution in [-0.2, 0) is 12.8 Å². The summed E-state index contributed by atoms with van der Waals surface area (Å²) in [6.45, 7) is 7.35. The van der Waals surface area contributed by atoms with Gasteiger partial charge in [-0.2, -0.15) is 0 Å². The lowest BCUT2D eigenvalue weighted by molar-refractivity contribution is 0.0751. The van der Waals surface area contributed by atoms with Crippen molar-refractivity contribution in [1.82, 2.24) is 14.9 Å². The van der Waals surface area contributed by atoms with Crippen LogP contribution in [0.2, 0.25) is 0 Å². The standard InChI is InChI=1S/C18H24N4OS/c1-3-6-15-14(4-2)13-16(24-15)17(23)21-9-11-22(12-10-21)18-19-7-5-8-20-18/h5,7-8,13H,3-4,6,9-12H2,1-2H3. The van der Waals surface area contributed by atoms with Crippen molar-refractivity contribution in [2.45, 2.75) is 33.1 Å². The molecule has 128 valence electrons. The Morgan fingerprint density at radius 3 is 2.50 bits per heavy atom. The number of aromatic nitrogens is 2. The summed E-state index contributed by atoms with van der Waals surface area (Å²) < 4.78 is 0. The van der Waals surface area contributed by atoms with Crippen molar-refractivity contribution in [2.24, 2.45) is 0 Å². The highest BCUT2D eigenvalue weighted by atomic mass is 32.1. The van der Waals surface area contributed by atoms with Crippen molar-refractivity contribution >= 4 is 23.2 Å². The minimum atomic E-state index is 0.172. The van der Waals surface area contributed by atoms with Gasteiger partial charge in [0.15, 0.2) is 0 Å². The van der Waals surface area contributed by atoms with E-state index in [-0.39, 0.29) is 5.91 Å². The summed E-state index contributed by atoms with van der Waals surface area (Å²) >= 11 is 1.68. The van der Waals surface area contributed by atoms with E-state index in [2.05, 4.69) is 34.8 Å². The molecular weight excluding hydrogens is 320 g/mol. The molecule has 0 N–H and O–H groups in total. The number of carbonyl (C=O) groups excluding carboxylic acids is 1. The molecule has 5 nitrogen and oxygen atoms in total. The van der Waals surface area contributed by atoms with E-state index in [1.165, 1.54) is 10.4 Å². The molecule has 0 aromatic carbocycles. The van der Waals surface area contributed by atoms with E-state index in [9.17, 15) is 4.79 Å². The predicted molar refractivity (Wildman–Crippen MR) is 97.8 cm³/mol. The lowest BCUT2D eigenvalue weighted by atomic mass is 10.1. The highest BCUT2D eigenvalue weighted by molar-refractivity contribution is 7.14. The highest BCUT2D eigenvalue weighted by Crippen LogP contribution is 2.26. The second kappa shape index (κ2) is 7.75. The molecule has 1 saturated heterocycles. The van der Waals surface area contributed by atoms with Crippen LogP contribution >= 0.6 is 11.3 Å². The van der Waals surface area contributed by atoms with Gasteiger partial charge >= 0.3 is 0 Å². The second-order valence-electron chi connectivity index (χ2n) is 5.99. The van der Waals surface area contributed by atoms with Crippen LogP contribution in [-0.4, -0.2) is 47.0 Å². The average Bonchev–Trinajstić information content (AvgIpc) is 3.05. The van der Waals surface area contributed by atoms with Crippen LogP contribution in [0.25, 0.3) is 0 Å². The highest BCUT2D eigenvalue weighted by Gasteiger charge is 2.25. The van der Waals surface area contributed by atoms with Crippen LogP contribution in [0.1, 0.15) is 40.4 Å². The number of aryl methyl sites for hydroxylation is 2. The molecule has 24 heavy (non-hydrogen) atoms. The maximum atomic E-state index is 12.8. The molecule has 2 aromatic heterocycles. The van der Waals surface area contributed by atoms with Gasteiger partial charge in [0.1, 0.15) is 0 Å². The minimum absolute atomic E-state index is 0.172. The van der Waals surface area contributed by atoms with Gasteiger partial charge in [-0.3, -0.25) is 4.79 Å². The summed E-state index contributed by atoms with van der Waals surface area (Å²) in [5.41, 5.74) is 1.33. The van der Waals surface area contributed by atoms with E-state index >= 15 is 0 Å². The second-order valence-corrected chi connectivity index (χ2v) is 7.13. The van der Waals surface area contributed by atoms with Crippen molar-refractivity contribution in [3.8, 4) is 0 Å². The Morgan fingerprint density at radius 1 is 1.17 bits per heavy atom. The zero-order valence-corrected chi connectivity index (χ0v) is 15.2. The van der Waals surface area contributed by atoms with E-state index < -0.39 is 0 Å². The fourth-order valence-electron chi connectivity index (χ4n) is 3.03. The van der Waals surface area contributed by atoms with E-state index in [0.29, 0.717) is 0 Å². The number of carbonyl (C=O) groups is 1. The van der Waals surface area contributed by atoms with E-state index in [1.54, 1.807) is 23.7 Å². The topological polar surface area (TPSA) is 49.3 Å². The van der Waals surface area contributed by atoms with Gasteiger partial charge in [-0.1, -0.05) is 20.3 Å². The smallest absolute Gasteiger partial charge is 0.264 e. The van der Waals surface area contributed by atoms with Crippen molar-refractivity contribution in [2.75, 3.05) is 31.1 Å². The molecule has 0 atom stereocenters. The molecule has 2 aromatic rings. The van der Waals surface area contributed by atoms with Crippen molar-refractivity contribution in [1.29, 1.82) is 0 Å². The molecule has 0 spiro atoms. The fourth-order valence-corrected chi connectivity index (χ4v) is 4.35. The van der Waals surface area contributed by atoms with Gasteiger partial charge in [0.25, 0.3) is 5.91 Å². The monoisotopic (exact) mass is 344 g/mol. The molecule has 0 radical (unpaired) electrons. The van der Waals surface area contributed by atoms with Crippen LogP contribution in [0.3, 0.4) is 0 Å². The molecule has 3 rings (SSSR count). The molecule has 0 aliphatic carbocycles. The minimum Gasteiger partial charge on any atom is -0.337 e. The maximum Gasteiger partial charge on any atom is 0.264 e. The number of hydrogen-bond acceptors (Lipinski definition) is 5. The van der Waals surface area contributed by atoms with Gasteiger partial charge in [0, 0.05) is 43.4 Å². The first-order chi connectivity index (χ1) is 11.7. The lowest BCUT2D eigenvalue weighted by Gasteiger charge is -2.34. The largest absolute Gasteiger partial charge is 0.337 e. The van der Waals surface area contributed by atoms with Crippen LogP contribution in [0.4, 0.5) is 5.95 Å². The molecule has 6 heteroatoms. The number of nitrogens with zero attached hydrogens (tertiary/aromatic N) is 4. The van der Waals surface area contributed by atoms with Gasteiger partial charge in [-0.15, -0.1) is 11.3 Å². The molecule has 1 aliphatic rings. The van der Waals surface area contributed by atoms with Crippen LogP contribution < -0.4 is 4.90 Å². The average molecular weight is 344 g/mol. The van der Waals surface area contributed by atoms with Gasteiger partial charge in [0.05, 0.1) is 4.88 Å². The first kappa shape index (κ1) is 16.9. The van der Waals surface area contributed by atoms with Gasteiger partial charge < -0.3 is 9.80 Å². The van der Waals surface area contributed by atoms with Crippen molar-refractivity contribution < 1.29 is 4.79 Å². The number of rotatable bonds is 5. The summed E-state index contributed by atoms with van der Waals surface area (Å²) in [5.74, 6) is 0.921.